The molecule has 6 nitrogen and oxygen atoms in total. The third-order valence-electron chi connectivity index (χ3n) is 4.97. The van der Waals surface area contributed by atoms with Gasteiger partial charge in [-0.3, -0.25) is 14.8 Å². The molecule has 0 aromatic heterocycles. The summed E-state index contributed by atoms with van der Waals surface area (Å²) in [6.45, 7) is 8.02. The number of nitrogens with zero attached hydrogens (tertiary/aromatic N) is 4. The molecule has 0 aliphatic carbocycles. The highest BCUT2D eigenvalue weighted by molar-refractivity contribution is 14.0. The van der Waals surface area contributed by atoms with Crippen LogP contribution in [0.1, 0.15) is 0 Å². The minimum absolute atomic E-state index is 0. The number of hydrogen-bond acceptors (Lipinski definition) is 4. The van der Waals surface area contributed by atoms with Gasteiger partial charge in [0.15, 0.2) is 5.96 Å². The van der Waals surface area contributed by atoms with Gasteiger partial charge in [0.1, 0.15) is 18.2 Å². The van der Waals surface area contributed by atoms with E-state index in [0.29, 0.717) is 24.9 Å². The SMILES string of the molecule is CN=C(NCC1CN2CCN1CC2)N(C)CCOc1ccc(F)cc1.I. The second kappa shape index (κ2) is 10.3. The molecule has 1 aromatic carbocycles. The summed E-state index contributed by atoms with van der Waals surface area (Å²) in [5.74, 6) is 1.30. The van der Waals surface area contributed by atoms with E-state index < -0.39 is 0 Å². The van der Waals surface area contributed by atoms with Crippen LogP contribution < -0.4 is 10.1 Å². The summed E-state index contributed by atoms with van der Waals surface area (Å²) in [6.07, 6.45) is 0. The van der Waals surface area contributed by atoms with Gasteiger partial charge in [-0.1, -0.05) is 0 Å². The molecule has 0 saturated carbocycles. The van der Waals surface area contributed by atoms with Crippen LogP contribution in [0.2, 0.25) is 0 Å². The fourth-order valence-corrected chi connectivity index (χ4v) is 3.45. The number of halogens is 2. The average molecular weight is 477 g/mol. The van der Waals surface area contributed by atoms with Crippen molar-refractivity contribution in [3.63, 3.8) is 0 Å². The number of ether oxygens (including phenoxy) is 1. The van der Waals surface area contributed by atoms with Crippen LogP contribution in [-0.4, -0.2) is 93.2 Å². The van der Waals surface area contributed by atoms with E-state index in [9.17, 15) is 4.39 Å². The van der Waals surface area contributed by atoms with Gasteiger partial charge in [-0.2, -0.15) is 0 Å². The maximum atomic E-state index is 12.9. The fraction of sp³-hybridized carbons (Fsp3) is 0.611. The molecule has 8 heteroatoms. The summed E-state index contributed by atoms with van der Waals surface area (Å²) >= 11 is 0. The normalized spacial score (nSPS) is 24.7. The van der Waals surface area contributed by atoms with Crippen molar-refractivity contribution in [3.8, 4) is 5.75 Å². The lowest BCUT2D eigenvalue weighted by Gasteiger charge is -2.47. The Balaban J connectivity index is 0.00000243. The number of benzene rings is 1. The van der Waals surface area contributed by atoms with Crippen molar-refractivity contribution in [2.75, 3.05) is 66.5 Å². The molecule has 3 fully saturated rings. The van der Waals surface area contributed by atoms with Crippen LogP contribution >= 0.6 is 24.0 Å². The molecule has 26 heavy (non-hydrogen) atoms. The maximum absolute atomic E-state index is 12.9. The molecule has 1 aromatic rings. The summed E-state index contributed by atoms with van der Waals surface area (Å²) in [7, 11) is 3.80. The number of piperazine rings is 3. The first-order valence-corrected chi connectivity index (χ1v) is 8.92. The van der Waals surface area contributed by atoms with Gasteiger partial charge in [-0.15, -0.1) is 24.0 Å². The van der Waals surface area contributed by atoms with E-state index in [1.54, 1.807) is 19.2 Å². The van der Waals surface area contributed by atoms with Crippen molar-refractivity contribution in [1.29, 1.82) is 0 Å². The standard InChI is InChI=1S/C18H28FN5O.HI/c1-20-18(21-13-16-14-23-7-9-24(16)10-8-23)22(2)11-12-25-17-5-3-15(19)4-6-17;/h3-6,16H,7-14H2,1-2H3,(H,20,21);1H. The third-order valence-corrected chi connectivity index (χ3v) is 4.97. The first kappa shape index (κ1) is 21.2. The van der Waals surface area contributed by atoms with E-state index in [2.05, 4.69) is 25.0 Å². The number of likely N-dealkylation sites (N-methyl/N-ethyl adjacent to an activating group) is 1. The number of nitrogens with one attached hydrogen (secondary N) is 1. The molecule has 1 unspecified atom stereocenters. The second-order valence-electron chi connectivity index (χ2n) is 6.64. The van der Waals surface area contributed by atoms with Crippen LogP contribution in [0.15, 0.2) is 29.3 Å². The summed E-state index contributed by atoms with van der Waals surface area (Å²) in [4.78, 5) is 11.5. The Morgan fingerprint density at radius 3 is 2.54 bits per heavy atom. The molecule has 0 radical (unpaired) electrons. The van der Waals surface area contributed by atoms with Crippen molar-refractivity contribution in [3.05, 3.63) is 30.1 Å². The van der Waals surface area contributed by atoms with Gasteiger partial charge in [-0.25, -0.2) is 4.39 Å². The molecule has 0 amide bonds. The molecule has 1 N–H and O–H groups in total. The highest BCUT2D eigenvalue weighted by Crippen LogP contribution is 2.15. The number of aliphatic imine (C=N–C) groups is 1. The van der Waals surface area contributed by atoms with Crippen molar-refractivity contribution >= 4 is 29.9 Å². The van der Waals surface area contributed by atoms with Crippen molar-refractivity contribution in [1.82, 2.24) is 20.0 Å². The monoisotopic (exact) mass is 477 g/mol. The molecule has 3 aliphatic heterocycles. The average Bonchev–Trinajstić information content (AvgIpc) is 2.65. The Morgan fingerprint density at radius 2 is 1.96 bits per heavy atom. The summed E-state index contributed by atoms with van der Waals surface area (Å²) < 4.78 is 18.5. The minimum atomic E-state index is -0.252. The largest absolute Gasteiger partial charge is 0.492 e. The lowest BCUT2D eigenvalue weighted by Crippen LogP contribution is -2.63. The molecular formula is C18H29FIN5O. The zero-order valence-corrected chi connectivity index (χ0v) is 17.9. The van der Waals surface area contributed by atoms with E-state index >= 15 is 0 Å². The Bertz CT molecular complexity index is 577. The van der Waals surface area contributed by atoms with Crippen LogP contribution in [0.4, 0.5) is 4.39 Å². The van der Waals surface area contributed by atoms with E-state index in [0.717, 1.165) is 19.0 Å². The number of guanidine groups is 1. The van der Waals surface area contributed by atoms with E-state index in [1.165, 1.54) is 38.3 Å². The third kappa shape index (κ3) is 5.68. The summed E-state index contributed by atoms with van der Waals surface area (Å²) in [5, 5.41) is 3.48. The highest BCUT2D eigenvalue weighted by atomic mass is 127. The zero-order valence-electron chi connectivity index (χ0n) is 15.5. The van der Waals surface area contributed by atoms with Gasteiger partial charge in [0.05, 0.1) is 6.54 Å². The predicted octanol–water partition coefficient (Wildman–Crippen LogP) is 1.33. The van der Waals surface area contributed by atoms with Gasteiger partial charge in [-0.05, 0) is 24.3 Å². The van der Waals surface area contributed by atoms with Gasteiger partial charge < -0.3 is 15.0 Å². The van der Waals surface area contributed by atoms with Gasteiger partial charge in [0.2, 0.25) is 0 Å². The quantitative estimate of drug-likeness (QED) is 0.381. The Hall–Kier alpha value is -1.13. The van der Waals surface area contributed by atoms with E-state index in [-0.39, 0.29) is 29.8 Å². The van der Waals surface area contributed by atoms with Crippen LogP contribution in [0.5, 0.6) is 5.75 Å². The first-order chi connectivity index (χ1) is 12.2. The second-order valence-corrected chi connectivity index (χ2v) is 6.64. The summed E-state index contributed by atoms with van der Waals surface area (Å²) in [5.41, 5.74) is 0. The maximum Gasteiger partial charge on any atom is 0.193 e. The van der Waals surface area contributed by atoms with Crippen LogP contribution in [-0.2, 0) is 0 Å². The molecule has 146 valence electrons. The molecule has 0 spiro atoms. The van der Waals surface area contributed by atoms with Crippen LogP contribution in [0, 0.1) is 5.82 Å². The molecular weight excluding hydrogens is 448 g/mol. The topological polar surface area (TPSA) is 43.3 Å². The minimum Gasteiger partial charge on any atom is -0.492 e. The molecule has 3 aliphatic rings. The zero-order chi connectivity index (χ0) is 17.6. The lowest BCUT2D eigenvalue weighted by atomic mass is 10.1. The van der Waals surface area contributed by atoms with Gasteiger partial charge in [0, 0.05) is 59.4 Å². The molecule has 3 saturated heterocycles. The van der Waals surface area contributed by atoms with Gasteiger partial charge in [0.25, 0.3) is 0 Å². The Kier molecular flexibility index (Phi) is 8.36. The number of fused-ring (bicyclic) bond motifs is 3. The lowest BCUT2D eigenvalue weighted by molar-refractivity contribution is 0.0152. The molecule has 2 bridgehead atoms. The molecule has 1 atom stereocenters. The predicted molar refractivity (Wildman–Crippen MR) is 113 cm³/mol. The highest BCUT2D eigenvalue weighted by Gasteiger charge is 2.31. The van der Waals surface area contributed by atoms with E-state index in [1.807, 2.05) is 7.05 Å². The number of rotatable bonds is 6. The van der Waals surface area contributed by atoms with Crippen LogP contribution in [0.25, 0.3) is 0 Å². The molecule has 3 heterocycles. The van der Waals surface area contributed by atoms with Crippen molar-refractivity contribution in [2.24, 2.45) is 4.99 Å². The van der Waals surface area contributed by atoms with Crippen molar-refractivity contribution < 1.29 is 9.13 Å². The van der Waals surface area contributed by atoms with Gasteiger partial charge >= 0.3 is 0 Å². The first-order valence-electron chi connectivity index (χ1n) is 8.92. The summed E-state index contributed by atoms with van der Waals surface area (Å²) in [6, 6.07) is 6.66. The van der Waals surface area contributed by atoms with Crippen LogP contribution in [0.3, 0.4) is 0 Å². The Morgan fingerprint density at radius 1 is 1.27 bits per heavy atom. The molecule has 4 rings (SSSR count). The Labute approximate surface area is 172 Å². The smallest absolute Gasteiger partial charge is 0.193 e. The number of hydrogen-bond donors (Lipinski definition) is 1. The fourth-order valence-electron chi connectivity index (χ4n) is 3.45. The van der Waals surface area contributed by atoms with E-state index in [4.69, 9.17) is 4.74 Å². The van der Waals surface area contributed by atoms with Crippen molar-refractivity contribution in [2.45, 2.75) is 6.04 Å².